The first-order chi connectivity index (χ1) is 8.97. The predicted octanol–water partition coefficient (Wildman–Crippen LogP) is 4.54. The summed E-state index contributed by atoms with van der Waals surface area (Å²) >= 11 is 7.60. The summed E-state index contributed by atoms with van der Waals surface area (Å²) < 4.78 is 0. The van der Waals surface area contributed by atoms with Crippen LogP contribution in [-0.4, -0.2) is 4.92 Å². The van der Waals surface area contributed by atoms with Crippen molar-refractivity contribution in [2.24, 2.45) is 0 Å². The summed E-state index contributed by atoms with van der Waals surface area (Å²) in [5, 5.41) is 14.5. The van der Waals surface area contributed by atoms with Gasteiger partial charge in [0, 0.05) is 27.4 Å². The molecule has 100 valence electrons. The van der Waals surface area contributed by atoms with Gasteiger partial charge < -0.3 is 5.32 Å². The fourth-order valence-electron chi connectivity index (χ4n) is 1.86. The van der Waals surface area contributed by atoms with Gasteiger partial charge in [0.1, 0.15) is 5.69 Å². The zero-order valence-corrected chi connectivity index (χ0v) is 12.1. The van der Waals surface area contributed by atoms with Crippen molar-refractivity contribution < 1.29 is 4.92 Å². The third-order valence-electron chi connectivity index (χ3n) is 2.77. The number of nitrogens with one attached hydrogen (secondary N) is 1. The third kappa shape index (κ3) is 3.24. The molecular formula is C13H13ClN2O2S. The Labute approximate surface area is 120 Å². The molecule has 19 heavy (non-hydrogen) atoms. The second-order valence-corrected chi connectivity index (χ2v) is 6.11. The molecule has 0 aliphatic carbocycles. The number of halogens is 1. The number of rotatable bonds is 4. The van der Waals surface area contributed by atoms with E-state index >= 15 is 0 Å². The summed E-state index contributed by atoms with van der Waals surface area (Å²) in [6.07, 6.45) is 0. The predicted molar refractivity (Wildman–Crippen MR) is 79.2 cm³/mol. The maximum absolute atomic E-state index is 10.9. The molecule has 1 N–H and O–H groups in total. The molecule has 0 aliphatic rings. The lowest BCUT2D eigenvalue weighted by Crippen LogP contribution is -2.02. The minimum Gasteiger partial charge on any atom is -0.375 e. The molecular weight excluding hydrogens is 284 g/mol. The number of thiophene rings is 1. The van der Waals surface area contributed by atoms with Crippen molar-refractivity contribution in [3.8, 4) is 0 Å². The number of aryl methyl sites for hydroxylation is 2. The van der Waals surface area contributed by atoms with Crippen LogP contribution < -0.4 is 5.32 Å². The number of nitrogens with zero attached hydrogens (tertiary/aromatic N) is 1. The highest BCUT2D eigenvalue weighted by molar-refractivity contribution is 7.12. The van der Waals surface area contributed by atoms with Crippen molar-refractivity contribution in [3.63, 3.8) is 0 Å². The van der Waals surface area contributed by atoms with Gasteiger partial charge in [0.25, 0.3) is 5.69 Å². The summed E-state index contributed by atoms with van der Waals surface area (Å²) in [6, 6.07) is 6.60. The van der Waals surface area contributed by atoms with E-state index in [4.69, 9.17) is 11.6 Å². The van der Waals surface area contributed by atoms with Crippen LogP contribution >= 0.6 is 22.9 Å². The van der Waals surface area contributed by atoms with Gasteiger partial charge in [0.2, 0.25) is 0 Å². The molecule has 2 rings (SSSR count). The summed E-state index contributed by atoms with van der Waals surface area (Å²) in [6.45, 7) is 4.64. The molecule has 0 unspecified atom stereocenters. The molecule has 0 amide bonds. The Kier molecular flexibility index (Phi) is 4.07. The average Bonchev–Trinajstić information content (AvgIpc) is 2.65. The summed E-state index contributed by atoms with van der Waals surface area (Å²) in [5.41, 5.74) is 1.63. The molecule has 0 spiro atoms. The number of hydrogen-bond acceptors (Lipinski definition) is 4. The quantitative estimate of drug-likeness (QED) is 0.665. The molecule has 1 heterocycles. The molecule has 2 aromatic rings. The van der Waals surface area contributed by atoms with Crippen molar-refractivity contribution in [1.29, 1.82) is 0 Å². The normalized spacial score (nSPS) is 10.5. The molecule has 1 aromatic carbocycles. The van der Waals surface area contributed by atoms with Crippen molar-refractivity contribution in [3.05, 3.63) is 54.7 Å². The molecule has 6 heteroatoms. The Bertz CT molecular complexity index is 625. The molecule has 4 nitrogen and oxygen atoms in total. The minimum atomic E-state index is -0.412. The first-order valence-corrected chi connectivity index (χ1v) is 6.90. The Morgan fingerprint density at radius 3 is 2.68 bits per heavy atom. The second-order valence-electron chi connectivity index (χ2n) is 4.21. The summed E-state index contributed by atoms with van der Waals surface area (Å²) in [4.78, 5) is 13.0. The van der Waals surface area contributed by atoms with Gasteiger partial charge in [-0.1, -0.05) is 11.6 Å². The lowest BCUT2D eigenvalue weighted by Gasteiger charge is -2.07. The van der Waals surface area contributed by atoms with Crippen LogP contribution in [0.1, 0.15) is 15.3 Å². The lowest BCUT2D eigenvalue weighted by molar-refractivity contribution is -0.384. The van der Waals surface area contributed by atoms with E-state index in [0.29, 0.717) is 17.3 Å². The summed E-state index contributed by atoms with van der Waals surface area (Å²) in [5.74, 6) is 0. The number of nitro groups is 1. The maximum atomic E-state index is 10.9. The molecule has 0 radical (unpaired) electrons. The third-order valence-corrected chi connectivity index (χ3v) is 4.01. The van der Waals surface area contributed by atoms with Gasteiger partial charge in [-0.3, -0.25) is 10.1 Å². The smallest absolute Gasteiger partial charge is 0.292 e. The highest BCUT2D eigenvalue weighted by Crippen LogP contribution is 2.29. The van der Waals surface area contributed by atoms with E-state index in [2.05, 4.69) is 11.4 Å². The van der Waals surface area contributed by atoms with Gasteiger partial charge in [-0.2, -0.15) is 0 Å². The van der Waals surface area contributed by atoms with Crippen molar-refractivity contribution in [2.75, 3.05) is 5.32 Å². The molecule has 0 atom stereocenters. The van der Waals surface area contributed by atoms with Crippen molar-refractivity contribution >= 4 is 34.3 Å². The van der Waals surface area contributed by atoms with E-state index in [-0.39, 0.29) is 5.69 Å². The Morgan fingerprint density at radius 2 is 2.11 bits per heavy atom. The van der Waals surface area contributed by atoms with Crippen LogP contribution in [0.2, 0.25) is 5.02 Å². The first-order valence-electron chi connectivity index (χ1n) is 5.71. The van der Waals surface area contributed by atoms with Crippen LogP contribution in [0, 0.1) is 24.0 Å². The highest BCUT2D eigenvalue weighted by atomic mass is 35.5. The van der Waals surface area contributed by atoms with Crippen molar-refractivity contribution in [1.82, 2.24) is 0 Å². The van der Waals surface area contributed by atoms with Crippen LogP contribution in [0.5, 0.6) is 0 Å². The highest BCUT2D eigenvalue weighted by Gasteiger charge is 2.14. The van der Waals surface area contributed by atoms with Crippen LogP contribution in [0.15, 0.2) is 24.3 Å². The number of anilines is 1. The molecule has 1 aromatic heterocycles. The van der Waals surface area contributed by atoms with Gasteiger partial charge in [-0.25, -0.2) is 0 Å². The number of hydrogen-bond donors (Lipinski definition) is 1. The van der Waals surface area contributed by atoms with E-state index < -0.39 is 4.92 Å². The fraction of sp³-hybridized carbons (Fsp3) is 0.231. The van der Waals surface area contributed by atoms with Crippen LogP contribution in [0.3, 0.4) is 0 Å². The monoisotopic (exact) mass is 296 g/mol. The van der Waals surface area contributed by atoms with Gasteiger partial charge in [0.05, 0.1) is 4.92 Å². The maximum Gasteiger partial charge on any atom is 0.292 e. The molecule has 0 bridgehead atoms. The van der Waals surface area contributed by atoms with Gasteiger partial charge in [0.15, 0.2) is 0 Å². The fourth-order valence-corrected chi connectivity index (χ4v) is 2.98. The first kappa shape index (κ1) is 13.8. The van der Waals surface area contributed by atoms with Gasteiger partial charge in [-0.05, 0) is 37.6 Å². The van der Waals surface area contributed by atoms with E-state index in [1.165, 1.54) is 21.9 Å². The zero-order chi connectivity index (χ0) is 14.0. The Morgan fingerprint density at radius 1 is 1.37 bits per heavy atom. The molecule has 0 aliphatic heterocycles. The van der Waals surface area contributed by atoms with Gasteiger partial charge in [-0.15, -0.1) is 11.3 Å². The number of benzene rings is 1. The van der Waals surface area contributed by atoms with E-state index in [9.17, 15) is 10.1 Å². The molecule has 0 saturated heterocycles. The number of nitro benzene ring substituents is 1. The zero-order valence-electron chi connectivity index (χ0n) is 10.6. The Balaban J connectivity index is 2.21. The van der Waals surface area contributed by atoms with Crippen LogP contribution in [0.25, 0.3) is 0 Å². The van der Waals surface area contributed by atoms with E-state index in [0.717, 1.165) is 5.56 Å². The van der Waals surface area contributed by atoms with Crippen molar-refractivity contribution in [2.45, 2.75) is 20.4 Å². The van der Waals surface area contributed by atoms with Crippen LogP contribution in [-0.2, 0) is 6.54 Å². The van der Waals surface area contributed by atoms with Gasteiger partial charge >= 0.3 is 0 Å². The molecule has 0 fully saturated rings. The largest absolute Gasteiger partial charge is 0.375 e. The summed E-state index contributed by atoms with van der Waals surface area (Å²) in [7, 11) is 0. The Hall–Kier alpha value is -1.59. The molecule has 0 saturated carbocycles. The lowest BCUT2D eigenvalue weighted by atomic mass is 10.2. The van der Waals surface area contributed by atoms with E-state index in [1.54, 1.807) is 17.4 Å². The second kappa shape index (κ2) is 5.59. The van der Waals surface area contributed by atoms with Crippen LogP contribution in [0.4, 0.5) is 11.4 Å². The SMILES string of the molecule is Cc1cc(CNc2cc(Cl)ccc2[N+](=O)[O-])c(C)s1. The topological polar surface area (TPSA) is 55.2 Å². The van der Waals surface area contributed by atoms with E-state index in [1.807, 2.05) is 13.8 Å². The minimum absolute atomic E-state index is 0.0361. The average molecular weight is 297 g/mol. The standard InChI is InChI=1S/C13H13ClN2O2S/c1-8-5-10(9(2)19-8)7-15-12-6-11(14)3-4-13(12)16(17)18/h3-6,15H,7H2,1-2H3.